The molecule has 3 aliphatic rings. The van der Waals surface area contributed by atoms with Gasteiger partial charge in [-0.1, -0.05) is 53.6 Å². The Hall–Kier alpha value is -4.78. The van der Waals surface area contributed by atoms with Crippen LogP contribution in [0.3, 0.4) is 0 Å². The number of aromatic nitrogens is 3. The number of benzodiazepines with no additional fused rings is 1. The highest BCUT2D eigenvalue weighted by Gasteiger charge is 2.57. The molecule has 42 heavy (non-hydrogen) atoms. The molecule has 0 spiro atoms. The van der Waals surface area contributed by atoms with Crippen LogP contribution in [-0.2, 0) is 15.7 Å². The van der Waals surface area contributed by atoms with Gasteiger partial charge in [-0.3, -0.25) is 4.79 Å². The summed E-state index contributed by atoms with van der Waals surface area (Å²) >= 11 is 0. The quantitative estimate of drug-likeness (QED) is 0.346. The van der Waals surface area contributed by atoms with Crippen LogP contribution < -0.4 is 15.5 Å². The van der Waals surface area contributed by atoms with Crippen molar-refractivity contribution in [3.05, 3.63) is 83.6 Å². The van der Waals surface area contributed by atoms with Crippen molar-refractivity contribution in [2.45, 2.75) is 18.4 Å². The van der Waals surface area contributed by atoms with Crippen LogP contribution in [0.2, 0.25) is 0 Å². The Kier molecular flexibility index (Phi) is 6.19. The third-order valence-corrected chi connectivity index (χ3v) is 7.80. The van der Waals surface area contributed by atoms with Crippen LogP contribution in [0.1, 0.15) is 16.7 Å². The fourth-order valence-corrected chi connectivity index (χ4v) is 5.71. The zero-order valence-electron chi connectivity index (χ0n) is 22.2. The van der Waals surface area contributed by atoms with E-state index in [0.717, 1.165) is 23.4 Å². The van der Waals surface area contributed by atoms with Gasteiger partial charge in [0.2, 0.25) is 6.17 Å². The van der Waals surface area contributed by atoms with Gasteiger partial charge >= 0.3 is 12.2 Å². The smallest absolute Gasteiger partial charge is 0.402 e. The number of rotatable bonds is 6. The van der Waals surface area contributed by atoms with Gasteiger partial charge in [0.05, 0.1) is 28.8 Å². The number of carbonyl (C=O) groups is 1. The Morgan fingerprint density at radius 1 is 1.05 bits per heavy atom. The van der Waals surface area contributed by atoms with Crippen molar-refractivity contribution in [2.24, 2.45) is 16.8 Å². The fourth-order valence-electron chi connectivity index (χ4n) is 5.71. The van der Waals surface area contributed by atoms with Gasteiger partial charge in [0.1, 0.15) is 0 Å². The number of hydrogen-bond acceptors (Lipinski definition) is 9. The summed E-state index contributed by atoms with van der Waals surface area (Å²) in [6, 6.07) is 17.7. The summed E-state index contributed by atoms with van der Waals surface area (Å²) in [4.78, 5) is 23.8. The van der Waals surface area contributed by atoms with Crippen LogP contribution in [0, 0.1) is 11.8 Å². The number of pyridine rings is 1. The minimum Gasteiger partial charge on any atom is -0.402 e. The molecule has 3 unspecified atom stereocenters. The molecule has 4 heterocycles. The maximum absolute atomic E-state index is 13.6. The predicted octanol–water partition coefficient (Wildman–Crippen LogP) is 4.46. The number of carbonyl (C=O) groups excluding carboxylic acids is 1. The number of halogens is 3. The zero-order chi connectivity index (χ0) is 29.0. The third-order valence-electron chi connectivity index (χ3n) is 7.80. The number of methoxy groups -OCH3 is 1. The molecule has 2 fully saturated rings. The largest absolute Gasteiger partial charge is 0.417 e. The number of amides is 1. The number of aliphatic imine (C=N–C) groups is 1. The van der Waals surface area contributed by atoms with Crippen LogP contribution in [-0.4, -0.2) is 59.3 Å². The number of fused-ring (bicyclic) bond motifs is 2. The molecule has 2 aliphatic heterocycles. The average molecular weight is 576 g/mol. The molecule has 13 heteroatoms. The second kappa shape index (κ2) is 9.94. The van der Waals surface area contributed by atoms with Crippen LogP contribution in [0.15, 0.2) is 76.3 Å². The molecule has 2 aromatic heterocycles. The van der Waals surface area contributed by atoms with Gasteiger partial charge in [-0.05, 0) is 12.1 Å². The Morgan fingerprint density at radius 2 is 1.79 bits per heavy atom. The van der Waals surface area contributed by atoms with Crippen LogP contribution in [0.25, 0.3) is 11.6 Å². The highest BCUT2D eigenvalue weighted by atomic mass is 19.4. The van der Waals surface area contributed by atoms with Crippen molar-refractivity contribution in [3.8, 4) is 11.6 Å². The van der Waals surface area contributed by atoms with E-state index in [1.54, 1.807) is 13.2 Å². The van der Waals surface area contributed by atoms with Crippen molar-refractivity contribution in [3.63, 3.8) is 0 Å². The number of ether oxygens (including phenoxy) is 1. The van der Waals surface area contributed by atoms with Gasteiger partial charge in [0.25, 0.3) is 11.8 Å². The van der Waals surface area contributed by atoms with Gasteiger partial charge in [-0.2, -0.15) is 13.2 Å². The second-order valence-corrected chi connectivity index (χ2v) is 10.4. The normalized spacial score (nSPS) is 23.0. The first kappa shape index (κ1) is 26.1. The van der Waals surface area contributed by atoms with Crippen molar-refractivity contribution in [2.75, 3.05) is 35.7 Å². The molecular weight excluding hydrogens is 551 g/mol. The lowest BCUT2D eigenvalue weighted by Crippen LogP contribution is -2.32. The summed E-state index contributed by atoms with van der Waals surface area (Å²) in [6.45, 7) is 1.05. The third kappa shape index (κ3) is 4.65. The van der Waals surface area contributed by atoms with E-state index in [-0.39, 0.29) is 41.2 Å². The maximum Gasteiger partial charge on any atom is 0.417 e. The Morgan fingerprint density at radius 3 is 2.52 bits per heavy atom. The topological polar surface area (TPSA) is 118 Å². The van der Waals surface area contributed by atoms with Gasteiger partial charge < -0.3 is 24.7 Å². The lowest BCUT2D eigenvalue weighted by atomic mass is 10.0. The first-order valence-electron chi connectivity index (χ1n) is 13.3. The first-order valence-corrected chi connectivity index (χ1v) is 13.3. The summed E-state index contributed by atoms with van der Waals surface area (Å²) in [6.07, 6.45) is -4.85. The molecule has 7 rings (SSSR count). The van der Waals surface area contributed by atoms with E-state index >= 15 is 0 Å². The molecule has 0 bridgehead atoms. The molecule has 3 atom stereocenters. The molecule has 4 aromatic rings. The molecule has 0 radical (unpaired) electrons. The SMILES string of the molecule is COC1C2CN(c3cc(C(F)(F)F)cnc3-c3nnc(NC4N=C(c5ccccc5)c5ccccc5NC4=O)o3)CC21. The van der Waals surface area contributed by atoms with E-state index in [2.05, 4.69) is 25.8 Å². The number of nitrogens with one attached hydrogen (secondary N) is 2. The van der Waals surface area contributed by atoms with E-state index in [9.17, 15) is 18.0 Å². The molecule has 1 aliphatic carbocycles. The molecule has 214 valence electrons. The second-order valence-electron chi connectivity index (χ2n) is 10.4. The number of para-hydroxylation sites is 1. The summed E-state index contributed by atoms with van der Waals surface area (Å²) < 4.78 is 52.0. The highest BCUT2D eigenvalue weighted by molar-refractivity contribution is 6.19. The Labute approximate surface area is 237 Å². The van der Waals surface area contributed by atoms with Gasteiger partial charge in [0.15, 0.2) is 5.69 Å². The fraction of sp³-hybridized carbons (Fsp3) is 0.276. The number of piperidine rings is 1. The van der Waals surface area contributed by atoms with Crippen molar-refractivity contribution in [1.29, 1.82) is 0 Å². The minimum absolute atomic E-state index is 0.0883. The molecule has 2 aromatic carbocycles. The standard InChI is InChI=1S/C29H24F3N7O3/c1-41-24-18-13-39(14-19(18)24)21-11-16(29(30,31)32)12-33-23(21)27-37-38-28(42-27)36-25-26(40)34-20-10-6-5-9-17(20)22(35-25)15-7-3-2-4-8-15/h2-12,18-19,24-25H,13-14H2,1H3,(H,34,40)(H,36,38). The van der Waals surface area contributed by atoms with Gasteiger partial charge in [-0.25, -0.2) is 9.98 Å². The van der Waals surface area contributed by atoms with E-state index < -0.39 is 23.8 Å². The molecular formula is C29H24F3N7O3. The minimum atomic E-state index is -4.57. The van der Waals surface area contributed by atoms with Crippen molar-refractivity contribution in [1.82, 2.24) is 15.2 Å². The number of alkyl halides is 3. The lowest BCUT2D eigenvalue weighted by Gasteiger charge is -2.24. The number of hydrogen-bond donors (Lipinski definition) is 2. The van der Waals surface area contributed by atoms with Crippen LogP contribution in [0.5, 0.6) is 0 Å². The molecule has 1 amide bonds. The van der Waals surface area contributed by atoms with Crippen LogP contribution in [0.4, 0.5) is 30.6 Å². The van der Waals surface area contributed by atoms with Crippen molar-refractivity contribution < 1.29 is 27.1 Å². The summed E-state index contributed by atoms with van der Waals surface area (Å²) in [7, 11) is 1.64. The van der Waals surface area contributed by atoms with E-state index in [1.807, 2.05) is 53.4 Å². The number of anilines is 3. The molecule has 1 saturated carbocycles. The highest BCUT2D eigenvalue weighted by Crippen LogP contribution is 2.50. The lowest BCUT2D eigenvalue weighted by molar-refractivity contribution is -0.137. The summed E-state index contributed by atoms with van der Waals surface area (Å²) in [5, 5.41) is 13.8. The average Bonchev–Trinajstić information content (AvgIpc) is 3.27. The molecule has 2 N–H and O–H groups in total. The monoisotopic (exact) mass is 575 g/mol. The van der Waals surface area contributed by atoms with Crippen molar-refractivity contribution >= 4 is 29.0 Å². The van der Waals surface area contributed by atoms with Gasteiger partial charge in [0, 0.05) is 49.4 Å². The predicted molar refractivity (Wildman–Crippen MR) is 147 cm³/mol. The number of nitrogens with zero attached hydrogens (tertiary/aromatic N) is 5. The Balaban J connectivity index is 1.20. The molecule has 10 nitrogen and oxygen atoms in total. The zero-order valence-corrected chi connectivity index (χ0v) is 22.2. The number of benzene rings is 2. The Bertz CT molecular complexity index is 1680. The maximum atomic E-state index is 13.6. The van der Waals surface area contributed by atoms with E-state index in [4.69, 9.17) is 14.1 Å². The van der Waals surface area contributed by atoms with E-state index in [0.29, 0.717) is 24.5 Å². The first-order chi connectivity index (χ1) is 20.3. The van der Waals surface area contributed by atoms with Crippen LogP contribution >= 0.6 is 0 Å². The van der Waals surface area contributed by atoms with Gasteiger partial charge in [-0.15, -0.1) is 5.10 Å². The summed E-state index contributed by atoms with van der Waals surface area (Å²) in [5.74, 6) is -0.0566. The van der Waals surface area contributed by atoms with E-state index in [1.165, 1.54) is 0 Å². The summed E-state index contributed by atoms with van der Waals surface area (Å²) in [5.41, 5.74) is 2.21. The molecule has 1 saturated heterocycles.